The molecule has 0 aliphatic heterocycles. The van der Waals surface area contributed by atoms with Crippen LogP contribution in [0.1, 0.15) is 30.0 Å². The van der Waals surface area contributed by atoms with Crippen molar-refractivity contribution in [3.05, 3.63) is 29.5 Å². The molecule has 2 aromatic rings. The minimum Gasteiger partial charge on any atom is -0.326 e. The molecule has 72 valence electrons. The first-order valence-corrected chi connectivity index (χ1v) is 5.06. The zero-order chi connectivity index (χ0) is 9.54. The lowest BCUT2D eigenvalue weighted by atomic mass is 10.1. The third-order valence-corrected chi connectivity index (χ3v) is 2.90. The number of hydrogen-bond acceptors (Lipinski definition) is 2. The van der Waals surface area contributed by atoms with E-state index in [1.165, 1.54) is 23.9 Å². The third-order valence-electron chi connectivity index (χ3n) is 2.90. The van der Waals surface area contributed by atoms with Gasteiger partial charge in [-0.05, 0) is 18.4 Å². The Morgan fingerprint density at radius 3 is 3.00 bits per heavy atom. The predicted molar refractivity (Wildman–Crippen MR) is 56.0 cm³/mol. The largest absolute Gasteiger partial charge is 0.326 e. The molecule has 0 saturated heterocycles. The number of nitrogens with two attached hydrogens (primary N) is 1. The number of aromatic amines is 1. The molecule has 0 radical (unpaired) electrons. The van der Waals surface area contributed by atoms with E-state index in [1.54, 1.807) is 0 Å². The summed E-state index contributed by atoms with van der Waals surface area (Å²) in [6.45, 7) is 0.562. The van der Waals surface area contributed by atoms with Crippen LogP contribution in [0, 0.1) is 0 Å². The molecule has 1 fully saturated rings. The molecule has 0 spiro atoms. The Hall–Kier alpha value is -1.35. The van der Waals surface area contributed by atoms with Gasteiger partial charge in [-0.15, -0.1) is 0 Å². The molecule has 3 rings (SSSR count). The Balaban J connectivity index is 2.25. The number of nitrogens with zero attached hydrogens (tertiary/aromatic N) is 1. The first-order chi connectivity index (χ1) is 6.90. The van der Waals surface area contributed by atoms with Gasteiger partial charge in [-0.2, -0.15) is 5.10 Å². The van der Waals surface area contributed by atoms with Crippen LogP contribution in [0.3, 0.4) is 0 Å². The summed E-state index contributed by atoms with van der Waals surface area (Å²) >= 11 is 0. The van der Waals surface area contributed by atoms with Gasteiger partial charge in [0.15, 0.2) is 0 Å². The second kappa shape index (κ2) is 2.82. The van der Waals surface area contributed by atoms with Crippen LogP contribution in [-0.2, 0) is 6.54 Å². The van der Waals surface area contributed by atoms with E-state index in [9.17, 15) is 0 Å². The van der Waals surface area contributed by atoms with Crippen molar-refractivity contribution in [1.29, 1.82) is 0 Å². The molecule has 1 aromatic carbocycles. The average molecular weight is 187 g/mol. The zero-order valence-corrected chi connectivity index (χ0v) is 7.96. The number of nitrogens with one attached hydrogen (secondary N) is 1. The fourth-order valence-electron chi connectivity index (χ4n) is 1.96. The van der Waals surface area contributed by atoms with Crippen molar-refractivity contribution in [1.82, 2.24) is 10.2 Å². The van der Waals surface area contributed by atoms with Gasteiger partial charge >= 0.3 is 0 Å². The van der Waals surface area contributed by atoms with Gasteiger partial charge in [0.2, 0.25) is 0 Å². The maximum atomic E-state index is 5.66. The number of rotatable bonds is 2. The van der Waals surface area contributed by atoms with E-state index in [4.69, 9.17) is 5.73 Å². The van der Waals surface area contributed by atoms with E-state index in [0.29, 0.717) is 12.5 Å². The maximum absolute atomic E-state index is 5.66. The highest BCUT2D eigenvalue weighted by atomic mass is 15.1. The van der Waals surface area contributed by atoms with Crippen molar-refractivity contribution in [2.24, 2.45) is 5.73 Å². The van der Waals surface area contributed by atoms with Crippen molar-refractivity contribution < 1.29 is 0 Å². The molecular formula is C11H13N3. The molecule has 0 unspecified atom stereocenters. The molecule has 3 heteroatoms. The summed E-state index contributed by atoms with van der Waals surface area (Å²) in [5.41, 5.74) is 9.15. The lowest BCUT2D eigenvalue weighted by molar-refractivity contribution is 0.974. The lowest BCUT2D eigenvalue weighted by Crippen LogP contribution is -1.96. The molecule has 1 heterocycles. The van der Waals surface area contributed by atoms with Gasteiger partial charge in [0.1, 0.15) is 0 Å². The van der Waals surface area contributed by atoms with Gasteiger partial charge in [-0.25, -0.2) is 0 Å². The number of para-hydroxylation sites is 1. The van der Waals surface area contributed by atoms with Crippen LogP contribution in [0.4, 0.5) is 0 Å². The van der Waals surface area contributed by atoms with E-state index in [2.05, 4.69) is 22.3 Å². The number of benzene rings is 1. The fourth-order valence-corrected chi connectivity index (χ4v) is 1.96. The molecule has 1 aliphatic rings. The molecule has 14 heavy (non-hydrogen) atoms. The minimum absolute atomic E-state index is 0.562. The summed E-state index contributed by atoms with van der Waals surface area (Å²) in [7, 11) is 0. The third kappa shape index (κ3) is 1.06. The van der Waals surface area contributed by atoms with E-state index >= 15 is 0 Å². The first-order valence-electron chi connectivity index (χ1n) is 5.06. The monoisotopic (exact) mass is 187 g/mol. The van der Waals surface area contributed by atoms with E-state index < -0.39 is 0 Å². The lowest BCUT2D eigenvalue weighted by Gasteiger charge is -1.97. The van der Waals surface area contributed by atoms with Crippen LogP contribution in [0.15, 0.2) is 18.2 Å². The van der Waals surface area contributed by atoms with Crippen LogP contribution in [0.5, 0.6) is 0 Å². The summed E-state index contributed by atoms with van der Waals surface area (Å²) < 4.78 is 0. The van der Waals surface area contributed by atoms with Crippen molar-refractivity contribution in [3.63, 3.8) is 0 Å². The number of hydrogen-bond donors (Lipinski definition) is 2. The highest BCUT2D eigenvalue weighted by Crippen LogP contribution is 2.42. The van der Waals surface area contributed by atoms with Crippen LogP contribution in [0.2, 0.25) is 0 Å². The standard InChI is InChI=1S/C11H13N3/c12-6-8-2-1-3-9-10(7-4-5-7)13-14-11(8)9/h1-3,7H,4-6,12H2,(H,13,14). The van der Waals surface area contributed by atoms with Crippen LogP contribution >= 0.6 is 0 Å². The SMILES string of the molecule is NCc1cccc2c(C3CC3)[nH]nc12. The van der Waals surface area contributed by atoms with Gasteiger partial charge in [0.25, 0.3) is 0 Å². The highest BCUT2D eigenvalue weighted by molar-refractivity contribution is 5.85. The summed E-state index contributed by atoms with van der Waals surface area (Å²) in [5.74, 6) is 0.716. The first kappa shape index (κ1) is 8.00. The summed E-state index contributed by atoms with van der Waals surface area (Å²) in [6, 6.07) is 6.23. The Kier molecular flexibility index (Phi) is 1.61. The Morgan fingerprint density at radius 1 is 1.43 bits per heavy atom. The summed E-state index contributed by atoms with van der Waals surface area (Å²) in [4.78, 5) is 0. The fraction of sp³-hybridized carbons (Fsp3) is 0.364. The molecule has 1 saturated carbocycles. The number of H-pyrrole nitrogens is 1. The van der Waals surface area contributed by atoms with Crippen molar-refractivity contribution in [2.75, 3.05) is 0 Å². The van der Waals surface area contributed by atoms with E-state index in [-0.39, 0.29) is 0 Å². The van der Waals surface area contributed by atoms with Gasteiger partial charge in [-0.3, -0.25) is 5.10 Å². The predicted octanol–water partition coefficient (Wildman–Crippen LogP) is 1.90. The molecule has 1 aliphatic carbocycles. The summed E-state index contributed by atoms with van der Waals surface area (Å²) in [5, 5.41) is 8.75. The molecule has 3 nitrogen and oxygen atoms in total. The Bertz CT molecular complexity index is 468. The molecule has 1 aromatic heterocycles. The van der Waals surface area contributed by atoms with Gasteiger partial charge in [0, 0.05) is 23.5 Å². The second-order valence-corrected chi connectivity index (χ2v) is 3.93. The van der Waals surface area contributed by atoms with Crippen molar-refractivity contribution in [3.8, 4) is 0 Å². The normalized spacial score (nSPS) is 16.4. The van der Waals surface area contributed by atoms with Crippen molar-refractivity contribution >= 4 is 10.9 Å². The molecule has 3 N–H and O–H groups in total. The maximum Gasteiger partial charge on any atom is 0.0968 e. The molecule has 0 atom stereocenters. The van der Waals surface area contributed by atoms with Crippen LogP contribution < -0.4 is 5.73 Å². The smallest absolute Gasteiger partial charge is 0.0968 e. The number of fused-ring (bicyclic) bond motifs is 1. The summed E-state index contributed by atoms with van der Waals surface area (Å²) in [6.07, 6.45) is 2.59. The van der Waals surface area contributed by atoms with Gasteiger partial charge in [-0.1, -0.05) is 18.2 Å². The topological polar surface area (TPSA) is 54.7 Å². The van der Waals surface area contributed by atoms with Crippen LogP contribution in [-0.4, -0.2) is 10.2 Å². The second-order valence-electron chi connectivity index (χ2n) is 3.93. The highest BCUT2D eigenvalue weighted by Gasteiger charge is 2.27. The van der Waals surface area contributed by atoms with E-state index in [0.717, 1.165) is 11.1 Å². The van der Waals surface area contributed by atoms with Crippen molar-refractivity contribution in [2.45, 2.75) is 25.3 Å². The zero-order valence-electron chi connectivity index (χ0n) is 7.96. The van der Waals surface area contributed by atoms with Gasteiger partial charge in [0.05, 0.1) is 5.52 Å². The molecular weight excluding hydrogens is 174 g/mol. The van der Waals surface area contributed by atoms with Crippen LogP contribution in [0.25, 0.3) is 10.9 Å². The quantitative estimate of drug-likeness (QED) is 0.754. The minimum atomic E-state index is 0.562. The molecule has 0 amide bonds. The Labute approximate surface area is 82.3 Å². The Morgan fingerprint density at radius 2 is 2.29 bits per heavy atom. The van der Waals surface area contributed by atoms with Gasteiger partial charge < -0.3 is 5.73 Å². The van der Waals surface area contributed by atoms with E-state index in [1.807, 2.05) is 6.07 Å². The average Bonchev–Trinajstić information content (AvgIpc) is 2.97. The number of aromatic nitrogens is 2. The molecule has 0 bridgehead atoms.